The highest BCUT2D eigenvalue weighted by Crippen LogP contribution is 2.30. The minimum absolute atomic E-state index is 0.0266. The summed E-state index contributed by atoms with van der Waals surface area (Å²) in [6.07, 6.45) is 5.57. The van der Waals surface area contributed by atoms with E-state index in [4.69, 9.17) is 4.98 Å². The number of carbonyl (C=O) groups is 2. The van der Waals surface area contributed by atoms with Crippen molar-refractivity contribution in [2.75, 3.05) is 33.2 Å². The zero-order chi connectivity index (χ0) is 22.8. The first-order chi connectivity index (χ1) is 16.1. The van der Waals surface area contributed by atoms with E-state index in [0.29, 0.717) is 17.7 Å². The number of likely N-dealkylation sites (tertiary alicyclic amines) is 1. The molecule has 2 amide bonds. The van der Waals surface area contributed by atoms with Crippen LogP contribution in [0.1, 0.15) is 40.0 Å². The number of amides is 2. The monoisotopic (exact) mass is 461 g/mol. The Labute approximate surface area is 196 Å². The van der Waals surface area contributed by atoms with Gasteiger partial charge in [-0.05, 0) is 69.2 Å². The van der Waals surface area contributed by atoms with Gasteiger partial charge in [-0.3, -0.25) is 14.0 Å². The maximum atomic E-state index is 12.6. The summed E-state index contributed by atoms with van der Waals surface area (Å²) >= 11 is 1.57. The number of rotatable bonds is 7. The summed E-state index contributed by atoms with van der Waals surface area (Å²) in [5, 5.41) is 5.68. The molecule has 0 atom stereocenters. The fraction of sp³-hybridized carbons (Fsp3) is 0.320. The standard InChI is InChI=1S/C25H27N5O2S/c1-26-23(31)18-7-5-17(6-8-18)20-16-30-21-10-9-19(15-22(21)33-25(30)28-20)24(32)27-11-4-14-29-12-2-3-13-29/h5-10,15-16H,2-4,11-14H2,1H3,(H,26,31)(H,27,32). The number of aromatic nitrogens is 2. The zero-order valence-electron chi connectivity index (χ0n) is 18.6. The van der Waals surface area contributed by atoms with Crippen LogP contribution in [0, 0.1) is 0 Å². The molecule has 3 heterocycles. The predicted octanol–water partition coefficient (Wildman–Crippen LogP) is 3.79. The van der Waals surface area contributed by atoms with Crippen LogP contribution >= 0.6 is 11.3 Å². The van der Waals surface area contributed by atoms with E-state index >= 15 is 0 Å². The summed E-state index contributed by atoms with van der Waals surface area (Å²) in [7, 11) is 1.62. The molecule has 7 nitrogen and oxygen atoms in total. The van der Waals surface area contributed by atoms with Crippen molar-refractivity contribution in [2.45, 2.75) is 19.3 Å². The zero-order valence-corrected chi connectivity index (χ0v) is 19.5. The number of fused-ring (bicyclic) bond motifs is 3. The molecule has 1 aliphatic heterocycles. The van der Waals surface area contributed by atoms with Crippen molar-refractivity contribution in [3.8, 4) is 11.3 Å². The van der Waals surface area contributed by atoms with E-state index in [9.17, 15) is 9.59 Å². The largest absolute Gasteiger partial charge is 0.355 e. The van der Waals surface area contributed by atoms with Crippen molar-refractivity contribution in [1.29, 1.82) is 0 Å². The lowest BCUT2D eigenvalue weighted by molar-refractivity contribution is 0.0948. The van der Waals surface area contributed by atoms with Gasteiger partial charge in [0.25, 0.3) is 11.8 Å². The second-order valence-corrected chi connectivity index (χ2v) is 9.39. The summed E-state index contributed by atoms with van der Waals surface area (Å²) in [5.41, 5.74) is 4.14. The molecule has 4 aromatic rings. The lowest BCUT2D eigenvalue weighted by Gasteiger charge is -2.14. The minimum Gasteiger partial charge on any atom is -0.355 e. The average molecular weight is 462 g/mol. The Morgan fingerprint density at radius 3 is 2.55 bits per heavy atom. The number of hydrogen-bond acceptors (Lipinski definition) is 5. The third-order valence-corrected chi connectivity index (χ3v) is 7.18. The van der Waals surface area contributed by atoms with E-state index in [1.165, 1.54) is 25.9 Å². The lowest BCUT2D eigenvalue weighted by Crippen LogP contribution is -2.28. The Hall–Kier alpha value is -3.23. The number of imidazole rings is 1. The van der Waals surface area contributed by atoms with Crippen molar-refractivity contribution < 1.29 is 9.59 Å². The van der Waals surface area contributed by atoms with E-state index in [1.807, 2.05) is 36.5 Å². The molecule has 1 aliphatic rings. The first-order valence-electron chi connectivity index (χ1n) is 11.4. The van der Waals surface area contributed by atoms with Crippen molar-refractivity contribution >= 4 is 38.3 Å². The smallest absolute Gasteiger partial charge is 0.251 e. The topological polar surface area (TPSA) is 78.7 Å². The number of nitrogens with one attached hydrogen (secondary N) is 2. The molecule has 0 spiro atoms. The Balaban J connectivity index is 1.28. The van der Waals surface area contributed by atoms with Gasteiger partial charge >= 0.3 is 0 Å². The highest BCUT2D eigenvalue weighted by Gasteiger charge is 2.14. The van der Waals surface area contributed by atoms with Gasteiger partial charge in [-0.1, -0.05) is 23.5 Å². The fourth-order valence-corrected chi connectivity index (χ4v) is 5.38. The van der Waals surface area contributed by atoms with Gasteiger partial charge in [0, 0.05) is 36.5 Å². The molecular formula is C25H27N5O2S. The SMILES string of the molecule is CNC(=O)c1ccc(-c2cn3c(n2)sc2cc(C(=O)NCCCN4CCCC4)ccc23)cc1. The summed E-state index contributed by atoms with van der Waals surface area (Å²) in [5.74, 6) is -0.133. The van der Waals surface area contributed by atoms with E-state index in [0.717, 1.165) is 39.4 Å². The van der Waals surface area contributed by atoms with Gasteiger partial charge in [-0.2, -0.15) is 0 Å². The lowest BCUT2D eigenvalue weighted by atomic mass is 10.1. The van der Waals surface area contributed by atoms with Crippen LogP contribution in [0.2, 0.25) is 0 Å². The van der Waals surface area contributed by atoms with Crippen molar-refractivity contribution in [3.63, 3.8) is 0 Å². The number of thiazole rings is 1. The van der Waals surface area contributed by atoms with E-state index in [-0.39, 0.29) is 11.8 Å². The maximum Gasteiger partial charge on any atom is 0.251 e. The maximum absolute atomic E-state index is 12.6. The molecule has 0 aliphatic carbocycles. The van der Waals surface area contributed by atoms with Gasteiger partial charge in [0.05, 0.1) is 15.9 Å². The van der Waals surface area contributed by atoms with Crippen molar-refractivity contribution in [2.24, 2.45) is 0 Å². The number of nitrogens with zero attached hydrogens (tertiary/aromatic N) is 3. The highest BCUT2D eigenvalue weighted by molar-refractivity contribution is 7.23. The van der Waals surface area contributed by atoms with Crippen molar-refractivity contribution in [1.82, 2.24) is 24.9 Å². The van der Waals surface area contributed by atoms with Gasteiger partial charge in [0.15, 0.2) is 4.96 Å². The fourth-order valence-electron chi connectivity index (χ4n) is 4.33. The second-order valence-electron chi connectivity index (χ2n) is 8.38. The molecule has 8 heteroatoms. The average Bonchev–Trinajstić information content (AvgIpc) is 3.57. The molecule has 170 valence electrons. The molecule has 0 unspecified atom stereocenters. The van der Waals surface area contributed by atoms with Gasteiger partial charge in [0.2, 0.25) is 0 Å². The van der Waals surface area contributed by atoms with E-state index < -0.39 is 0 Å². The normalized spacial score (nSPS) is 14.2. The summed E-state index contributed by atoms with van der Waals surface area (Å²) in [4.78, 5) is 32.5. The minimum atomic E-state index is -0.107. The van der Waals surface area contributed by atoms with Crippen LogP contribution in [0.25, 0.3) is 26.4 Å². The Morgan fingerprint density at radius 1 is 1.03 bits per heavy atom. The number of hydrogen-bond donors (Lipinski definition) is 2. The molecule has 2 aromatic heterocycles. The Bertz CT molecular complexity index is 1300. The molecule has 33 heavy (non-hydrogen) atoms. The molecule has 0 bridgehead atoms. The summed E-state index contributed by atoms with van der Waals surface area (Å²) in [6, 6.07) is 13.2. The Kier molecular flexibility index (Phi) is 6.11. The first-order valence-corrected chi connectivity index (χ1v) is 12.2. The molecule has 5 rings (SSSR count). The molecule has 2 N–H and O–H groups in total. The van der Waals surface area contributed by atoms with Crippen molar-refractivity contribution in [3.05, 3.63) is 59.8 Å². The van der Waals surface area contributed by atoms with Crippen LogP contribution in [-0.2, 0) is 0 Å². The third-order valence-electron chi connectivity index (χ3n) is 6.16. The predicted molar refractivity (Wildman–Crippen MR) is 132 cm³/mol. The van der Waals surface area contributed by atoms with Gasteiger partial charge < -0.3 is 15.5 Å². The molecule has 2 aromatic carbocycles. The number of carbonyl (C=O) groups excluding carboxylic acids is 2. The van der Waals surface area contributed by atoms with E-state index in [1.54, 1.807) is 30.5 Å². The first kappa shape index (κ1) is 21.6. The van der Waals surface area contributed by atoms with Crippen LogP contribution in [-0.4, -0.2) is 59.3 Å². The highest BCUT2D eigenvalue weighted by atomic mass is 32.1. The van der Waals surface area contributed by atoms with Crippen LogP contribution in [0.4, 0.5) is 0 Å². The third kappa shape index (κ3) is 4.49. The second kappa shape index (κ2) is 9.33. The van der Waals surface area contributed by atoms with Crippen LogP contribution in [0.3, 0.4) is 0 Å². The van der Waals surface area contributed by atoms with Crippen LogP contribution in [0.5, 0.6) is 0 Å². The van der Waals surface area contributed by atoms with Crippen LogP contribution in [0.15, 0.2) is 48.7 Å². The quantitative estimate of drug-likeness (QED) is 0.411. The summed E-state index contributed by atoms with van der Waals surface area (Å²) < 4.78 is 3.09. The molecule has 0 saturated carbocycles. The van der Waals surface area contributed by atoms with E-state index in [2.05, 4.69) is 19.9 Å². The van der Waals surface area contributed by atoms with Crippen LogP contribution < -0.4 is 10.6 Å². The van der Waals surface area contributed by atoms with Gasteiger partial charge in [0.1, 0.15) is 0 Å². The summed E-state index contributed by atoms with van der Waals surface area (Å²) in [6.45, 7) is 4.13. The Morgan fingerprint density at radius 2 is 1.79 bits per heavy atom. The number of benzene rings is 2. The van der Waals surface area contributed by atoms with Gasteiger partial charge in [-0.25, -0.2) is 4.98 Å². The molecule has 1 saturated heterocycles. The molecule has 1 fully saturated rings. The van der Waals surface area contributed by atoms with Gasteiger partial charge in [-0.15, -0.1) is 0 Å². The molecule has 0 radical (unpaired) electrons. The molecular weight excluding hydrogens is 434 g/mol.